The van der Waals surface area contributed by atoms with Gasteiger partial charge in [0.1, 0.15) is 29.5 Å². The third-order valence-corrected chi connectivity index (χ3v) is 4.04. The van der Waals surface area contributed by atoms with Gasteiger partial charge in [-0.1, -0.05) is 0 Å². The van der Waals surface area contributed by atoms with Crippen LogP contribution in [0.1, 0.15) is 0 Å². The highest BCUT2D eigenvalue weighted by molar-refractivity contribution is 5.78. The van der Waals surface area contributed by atoms with Crippen molar-refractivity contribution in [2.75, 3.05) is 50.1 Å². The zero-order chi connectivity index (χ0) is 17.6. The van der Waals surface area contributed by atoms with Crippen molar-refractivity contribution < 1.29 is 13.9 Å². The van der Waals surface area contributed by atoms with E-state index >= 15 is 0 Å². The molecule has 0 bridgehead atoms. The highest BCUT2D eigenvalue weighted by Gasteiger charge is 2.22. The lowest BCUT2D eigenvalue weighted by Gasteiger charge is -2.35. The SMILES string of the molecule is CNc1cc(N2CCN(C(=O)COc3ccc(F)cc3)CC2)ncn1. The topological polar surface area (TPSA) is 70.6 Å². The monoisotopic (exact) mass is 345 g/mol. The largest absolute Gasteiger partial charge is 0.484 e. The summed E-state index contributed by atoms with van der Waals surface area (Å²) in [5, 5.41) is 2.99. The van der Waals surface area contributed by atoms with E-state index < -0.39 is 0 Å². The zero-order valence-corrected chi connectivity index (χ0v) is 14.0. The van der Waals surface area contributed by atoms with E-state index in [2.05, 4.69) is 20.2 Å². The maximum Gasteiger partial charge on any atom is 0.260 e. The summed E-state index contributed by atoms with van der Waals surface area (Å²) in [7, 11) is 1.81. The lowest BCUT2D eigenvalue weighted by atomic mass is 10.3. The Morgan fingerprint density at radius 1 is 1.20 bits per heavy atom. The van der Waals surface area contributed by atoms with Gasteiger partial charge in [0.2, 0.25) is 0 Å². The Hall–Kier alpha value is -2.90. The lowest BCUT2D eigenvalue weighted by molar-refractivity contribution is -0.133. The highest BCUT2D eigenvalue weighted by Crippen LogP contribution is 2.16. The van der Waals surface area contributed by atoms with E-state index in [0.29, 0.717) is 31.9 Å². The van der Waals surface area contributed by atoms with Gasteiger partial charge >= 0.3 is 0 Å². The number of piperazine rings is 1. The third kappa shape index (κ3) is 4.34. The summed E-state index contributed by atoms with van der Waals surface area (Å²) in [6.45, 7) is 2.54. The first-order chi connectivity index (χ1) is 12.2. The fourth-order valence-corrected chi connectivity index (χ4v) is 2.61. The molecule has 1 saturated heterocycles. The Morgan fingerprint density at radius 2 is 1.92 bits per heavy atom. The normalized spacial score (nSPS) is 14.3. The number of carbonyl (C=O) groups excluding carboxylic acids is 1. The molecule has 0 atom stereocenters. The van der Waals surface area contributed by atoms with Crippen LogP contribution in [0, 0.1) is 5.82 Å². The van der Waals surface area contributed by atoms with Gasteiger partial charge in [-0.15, -0.1) is 0 Å². The molecule has 25 heavy (non-hydrogen) atoms. The number of ether oxygens (including phenoxy) is 1. The number of hydrogen-bond donors (Lipinski definition) is 1. The molecule has 132 valence electrons. The molecule has 0 saturated carbocycles. The van der Waals surface area contributed by atoms with Crippen LogP contribution >= 0.6 is 0 Å². The molecule has 1 N–H and O–H groups in total. The average Bonchev–Trinajstić information content (AvgIpc) is 2.67. The first-order valence-electron chi connectivity index (χ1n) is 8.06. The van der Waals surface area contributed by atoms with Crippen LogP contribution in [0.25, 0.3) is 0 Å². The van der Waals surface area contributed by atoms with Gasteiger partial charge in [-0.05, 0) is 24.3 Å². The van der Waals surface area contributed by atoms with Crippen LogP contribution < -0.4 is 15.0 Å². The van der Waals surface area contributed by atoms with E-state index in [4.69, 9.17) is 4.74 Å². The van der Waals surface area contributed by atoms with E-state index in [0.717, 1.165) is 11.6 Å². The predicted octanol–water partition coefficient (Wildman–Crippen LogP) is 1.38. The molecule has 0 aliphatic carbocycles. The Balaban J connectivity index is 1.49. The number of halogens is 1. The van der Waals surface area contributed by atoms with E-state index in [1.165, 1.54) is 30.6 Å². The second-order valence-electron chi connectivity index (χ2n) is 5.62. The molecular formula is C17H20FN5O2. The average molecular weight is 345 g/mol. The second-order valence-corrected chi connectivity index (χ2v) is 5.62. The van der Waals surface area contributed by atoms with Crippen LogP contribution in [0.15, 0.2) is 36.7 Å². The van der Waals surface area contributed by atoms with Gasteiger partial charge in [0, 0.05) is 39.3 Å². The fourth-order valence-electron chi connectivity index (χ4n) is 2.61. The minimum atomic E-state index is -0.332. The second kappa shape index (κ2) is 7.78. The van der Waals surface area contributed by atoms with Crippen molar-refractivity contribution in [3.05, 3.63) is 42.5 Å². The molecule has 1 amide bonds. The van der Waals surface area contributed by atoms with Crippen LogP contribution in [-0.4, -0.2) is 60.6 Å². The third-order valence-electron chi connectivity index (χ3n) is 4.04. The molecule has 3 rings (SSSR count). The predicted molar refractivity (Wildman–Crippen MR) is 92.3 cm³/mol. The van der Waals surface area contributed by atoms with Gasteiger partial charge in [0.05, 0.1) is 0 Å². The summed E-state index contributed by atoms with van der Waals surface area (Å²) in [4.78, 5) is 24.5. The number of hydrogen-bond acceptors (Lipinski definition) is 6. The summed E-state index contributed by atoms with van der Waals surface area (Å²) < 4.78 is 18.3. The number of nitrogens with one attached hydrogen (secondary N) is 1. The molecule has 1 aliphatic heterocycles. The van der Waals surface area contributed by atoms with Crippen LogP contribution in [0.4, 0.5) is 16.0 Å². The summed E-state index contributed by atoms with van der Waals surface area (Å²) in [6.07, 6.45) is 1.52. The fraction of sp³-hybridized carbons (Fsp3) is 0.353. The Morgan fingerprint density at radius 3 is 2.60 bits per heavy atom. The molecule has 0 spiro atoms. The minimum Gasteiger partial charge on any atom is -0.484 e. The maximum absolute atomic E-state index is 12.9. The van der Waals surface area contributed by atoms with Crippen LogP contribution in [-0.2, 0) is 4.79 Å². The standard InChI is InChI=1S/C17H20FN5O2/c1-19-15-10-16(21-12-20-15)22-6-8-23(9-7-22)17(24)11-25-14-4-2-13(18)3-5-14/h2-5,10,12H,6-9,11H2,1H3,(H,19,20,21). The van der Waals surface area contributed by atoms with Crippen LogP contribution in [0.3, 0.4) is 0 Å². The molecule has 0 unspecified atom stereocenters. The van der Waals surface area contributed by atoms with E-state index in [-0.39, 0.29) is 18.3 Å². The molecule has 1 aliphatic rings. The smallest absolute Gasteiger partial charge is 0.260 e. The van der Waals surface area contributed by atoms with Gasteiger partial charge in [-0.2, -0.15) is 0 Å². The number of nitrogens with zero attached hydrogens (tertiary/aromatic N) is 4. The van der Waals surface area contributed by atoms with E-state index in [9.17, 15) is 9.18 Å². The number of amides is 1. The van der Waals surface area contributed by atoms with Crippen molar-refractivity contribution >= 4 is 17.5 Å². The Bertz CT molecular complexity index is 717. The van der Waals surface area contributed by atoms with E-state index in [1.807, 2.05) is 13.1 Å². The molecule has 2 heterocycles. The van der Waals surface area contributed by atoms with E-state index in [1.54, 1.807) is 4.90 Å². The molecule has 8 heteroatoms. The van der Waals surface area contributed by atoms with Crippen molar-refractivity contribution in [2.45, 2.75) is 0 Å². The van der Waals surface area contributed by atoms with Crippen LogP contribution in [0.5, 0.6) is 5.75 Å². The van der Waals surface area contributed by atoms with Crippen molar-refractivity contribution in [2.24, 2.45) is 0 Å². The lowest BCUT2D eigenvalue weighted by Crippen LogP contribution is -2.50. The van der Waals surface area contributed by atoms with Crippen molar-refractivity contribution in [3.8, 4) is 5.75 Å². The maximum atomic E-state index is 12.9. The van der Waals surface area contributed by atoms with Gasteiger partial charge in [-0.3, -0.25) is 4.79 Å². The first kappa shape index (κ1) is 16.9. The number of rotatable bonds is 5. The van der Waals surface area contributed by atoms with Crippen molar-refractivity contribution in [1.82, 2.24) is 14.9 Å². The molecule has 2 aromatic rings. The van der Waals surface area contributed by atoms with Crippen molar-refractivity contribution in [1.29, 1.82) is 0 Å². The van der Waals surface area contributed by atoms with Gasteiger partial charge in [0.15, 0.2) is 6.61 Å². The quantitative estimate of drug-likeness (QED) is 0.883. The number of carbonyl (C=O) groups is 1. The number of aromatic nitrogens is 2. The number of benzene rings is 1. The zero-order valence-electron chi connectivity index (χ0n) is 14.0. The molecule has 7 nitrogen and oxygen atoms in total. The number of anilines is 2. The summed E-state index contributed by atoms with van der Waals surface area (Å²) in [6, 6.07) is 7.51. The molecule has 1 aromatic carbocycles. The summed E-state index contributed by atoms with van der Waals surface area (Å²) >= 11 is 0. The van der Waals surface area contributed by atoms with Gasteiger partial charge in [-0.25, -0.2) is 14.4 Å². The Kier molecular flexibility index (Phi) is 5.27. The van der Waals surface area contributed by atoms with Crippen LogP contribution in [0.2, 0.25) is 0 Å². The molecular weight excluding hydrogens is 325 g/mol. The van der Waals surface area contributed by atoms with Gasteiger partial charge < -0.3 is 19.9 Å². The summed E-state index contributed by atoms with van der Waals surface area (Å²) in [5.41, 5.74) is 0. The molecule has 1 fully saturated rings. The van der Waals surface area contributed by atoms with Crippen molar-refractivity contribution in [3.63, 3.8) is 0 Å². The van der Waals surface area contributed by atoms with Gasteiger partial charge in [0.25, 0.3) is 5.91 Å². The minimum absolute atomic E-state index is 0.0525. The Labute approximate surface area is 145 Å². The summed E-state index contributed by atoms with van der Waals surface area (Å²) in [5.74, 6) is 1.67. The highest BCUT2D eigenvalue weighted by atomic mass is 19.1. The molecule has 0 radical (unpaired) electrons. The first-order valence-corrected chi connectivity index (χ1v) is 8.06. The molecule has 1 aromatic heterocycles.